The number of nitrogens with two attached hydrogens (primary N) is 1. The number of hydrogen-bond donors (Lipinski definition) is 1. The normalized spacial score (nSPS) is 19.4. The molecule has 1 aromatic carbocycles. The SMILES string of the molecule is NCCCCCC1(N2CCC(n3cc(-c4cnc5ccccc5n4)cn3)CC2)CC1. The Morgan fingerprint density at radius 2 is 1.80 bits per heavy atom. The van der Waals surface area contributed by atoms with Crippen LogP contribution in [0.4, 0.5) is 0 Å². The van der Waals surface area contributed by atoms with Crippen molar-refractivity contribution in [1.29, 1.82) is 0 Å². The van der Waals surface area contributed by atoms with Crippen LogP contribution in [0.15, 0.2) is 42.9 Å². The molecule has 158 valence electrons. The molecule has 1 aliphatic carbocycles. The summed E-state index contributed by atoms with van der Waals surface area (Å²) in [5.41, 5.74) is 9.96. The van der Waals surface area contributed by atoms with Gasteiger partial charge in [-0.15, -0.1) is 0 Å². The maximum Gasteiger partial charge on any atom is 0.0924 e. The van der Waals surface area contributed by atoms with Crippen molar-refractivity contribution in [2.45, 2.75) is 62.9 Å². The van der Waals surface area contributed by atoms with Crippen LogP contribution >= 0.6 is 0 Å². The Balaban J connectivity index is 1.20. The number of benzene rings is 1. The van der Waals surface area contributed by atoms with Crippen molar-refractivity contribution in [3.63, 3.8) is 0 Å². The summed E-state index contributed by atoms with van der Waals surface area (Å²) in [6.45, 7) is 3.20. The molecule has 2 N–H and O–H groups in total. The minimum absolute atomic E-state index is 0.483. The standard InChI is InChI=1S/C24H32N6/c25-13-5-1-4-10-24(11-12-24)29-14-8-20(9-15-29)30-18-19(16-27-30)23-17-26-21-6-2-3-7-22(21)28-23/h2-3,6-7,16-18,20H,1,4-5,8-15,25H2. The highest BCUT2D eigenvalue weighted by molar-refractivity contribution is 5.76. The molecule has 0 spiro atoms. The lowest BCUT2D eigenvalue weighted by atomic mass is 9.98. The van der Waals surface area contributed by atoms with E-state index in [9.17, 15) is 0 Å². The topological polar surface area (TPSA) is 72.9 Å². The molecule has 3 aromatic rings. The van der Waals surface area contributed by atoms with Gasteiger partial charge in [0.25, 0.3) is 0 Å². The maximum absolute atomic E-state index is 5.64. The van der Waals surface area contributed by atoms with E-state index >= 15 is 0 Å². The summed E-state index contributed by atoms with van der Waals surface area (Å²) in [6, 6.07) is 8.48. The third-order valence-corrected chi connectivity index (χ3v) is 7.03. The second-order valence-electron chi connectivity index (χ2n) is 8.99. The molecule has 6 heteroatoms. The summed E-state index contributed by atoms with van der Waals surface area (Å²) >= 11 is 0. The van der Waals surface area contributed by atoms with Gasteiger partial charge in [0, 0.05) is 30.4 Å². The largest absolute Gasteiger partial charge is 0.330 e. The van der Waals surface area contributed by atoms with E-state index < -0.39 is 0 Å². The first-order chi connectivity index (χ1) is 14.8. The number of piperidine rings is 1. The molecule has 1 saturated heterocycles. The van der Waals surface area contributed by atoms with Crippen molar-refractivity contribution in [2.24, 2.45) is 5.73 Å². The fourth-order valence-corrected chi connectivity index (χ4v) is 5.01. The van der Waals surface area contributed by atoms with E-state index in [1.54, 1.807) is 0 Å². The summed E-state index contributed by atoms with van der Waals surface area (Å²) in [4.78, 5) is 12.1. The first-order valence-electron chi connectivity index (χ1n) is 11.5. The number of hydrogen-bond acceptors (Lipinski definition) is 5. The van der Waals surface area contributed by atoms with E-state index in [-0.39, 0.29) is 0 Å². The van der Waals surface area contributed by atoms with Crippen LogP contribution in [0.2, 0.25) is 0 Å². The molecular formula is C24H32N6. The van der Waals surface area contributed by atoms with E-state index in [2.05, 4.69) is 25.9 Å². The van der Waals surface area contributed by atoms with Crippen LogP contribution in [0, 0.1) is 0 Å². The zero-order chi connectivity index (χ0) is 20.4. The van der Waals surface area contributed by atoms with E-state index in [4.69, 9.17) is 10.7 Å². The van der Waals surface area contributed by atoms with E-state index in [1.807, 2.05) is 36.7 Å². The number of likely N-dealkylation sites (tertiary alicyclic amines) is 1. The van der Waals surface area contributed by atoms with Gasteiger partial charge in [0.05, 0.1) is 35.2 Å². The lowest BCUT2D eigenvalue weighted by molar-refractivity contribution is 0.108. The monoisotopic (exact) mass is 404 g/mol. The predicted octanol–water partition coefficient (Wildman–Crippen LogP) is 4.18. The van der Waals surface area contributed by atoms with Crippen molar-refractivity contribution in [1.82, 2.24) is 24.6 Å². The van der Waals surface area contributed by atoms with E-state index in [0.717, 1.165) is 28.8 Å². The number of unbranched alkanes of at least 4 members (excludes halogenated alkanes) is 2. The molecule has 1 aliphatic heterocycles. The molecule has 2 aliphatic rings. The van der Waals surface area contributed by atoms with Crippen LogP contribution < -0.4 is 5.73 Å². The third-order valence-electron chi connectivity index (χ3n) is 7.03. The average molecular weight is 405 g/mol. The second-order valence-corrected chi connectivity index (χ2v) is 8.99. The average Bonchev–Trinajstić information content (AvgIpc) is 3.42. The van der Waals surface area contributed by atoms with Gasteiger partial charge in [-0.05, 0) is 57.2 Å². The molecule has 3 heterocycles. The predicted molar refractivity (Wildman–Crippen MR) is 120 cm³/mol. The molecular weight excluding hydrogens is 372 g/mol. The fourth-order valence-electron chi connectivity index (χ4n) is 5.01. The van der Waals surface area contributed by atoms with Gasteiger partial charge in [-0.1, -0.05) is 25.0 Å². The van der Waals surface area contributed by atoms with Crippen LogP contribution in [-0.4, -0.2) is 49.8 Å². The van der Waals surface area contributed by atoms with Gasteiger partial charge in [-0.3, -0.25) is 14.6 Å². The molecule has 0 bridgehead atoms. The van der Waals surface area contributed by atoms with Crippen LogP contribution in [0.25, 0.3) is 22.3 Å². The molecule has 1 saturated carbocycles. The number of rotatable bonds is 8. The first-order valence-corrected chi connectivity index (χ1v) is 11.5. The number of nitrogens with zero attached hydrogens (tertiary/aromatic N) is 5. The number of para-hydroxylation sites is 2. The Morgan fingerprint density at radius 3 is 2.57 bits per heavy atom. The van der Waals surface area contributed by atoms with Gasteiger partial charge in [0.1, 0.15) is 0 Å². The summed E-state index contributed by atoms with van der Waals surface area (Å²) < 4.78 is 2.16. The Hall–Kier alpha value is -2.31. The molecule has 0 unspecified atom stereocenters. The van der Waals surface area contributed by atoms with Crippen molar-refractivity contribution in [3.8, 4) is 11.3 Å². The zero-order valence-electron chi connectivity index (χ0n) is 17.7. The smallest absolute Gasteiger partial charge is 0.0924 e. The maximum atomic E-state index is 5.64. The Morgan fingerprint density at radius 1 is 1.00 bits per heavy atom. The number of fused-ring (bicyclic) bond motifs is 1. The second kappa shape index (κ2) is 8.44. The van der Waals surface area contributed by atoms with Crippen molar-refractivity contribution >= 4 is 11.0 Å². The molecule has 30 heavy (non-hydrogen) atoms. The summed E-state index contributed by atoms with van der Waals surface area (Å²) in [7, 11) is 0. The van der Waals surface area contributed by atoms with Gasteiger partial charge < -0.3 is 5.73 Å². The lowest BCUT2D eigenvalue weighted by Crippen LogP contribution is -2.43. The molecule has 6 nitrogen and oxygen atoms in total. The van der Waals surface area contributed by atoms with Crippen molar-refractivity contribution < 1.29 is 0 Å². The molecule has 2 aromatic heterocycles. The molecule has 2 fully saturated rings. The molecule has 0 atom stereocenters. The highest BCUT2D eigenvalue weighted by atomic mass is 15.3. The molecule has 0 amide bonds. The van der Waals surface area contributed by atoms with Gasteiger partial charge in [0.2, 0.25) is 0 Å². The van der Waals surface area contributed by atoms with Crippen LogP contribution in [0.5, 0.6) is 0 Å². The first kappa shape index (κ1) is 19.6. The summed E-state index contributed by atoms with van der Waals surface area (Å²) in [6.07, 6.45) is 16.2. The van der Waals surface area contributed by atoms with Crippen LogP contribution in [-0.2, 0) is 0 Å². The van der Waals surface area contributed by atoms with Gasteiger partial charge in [0.15, 0.2) is 0 Å². The quantitative estimate of drug-likeness (QED) is 0.570. The van der Waals surface area contributed by atoms with Crippen molar-refractivity contribution in [2.75, 3.05) is 19.6 Å². The summed E-state index contributed by atoms with van der Waals surface area (Å²) in [5, 5.41) is 4.69. The fraction of sp³-hybridized carbons (Fsp3) is 0.542. The van der Waals surface area contributed by atoms with Crippen LogP contribution in [0.3, 0.4) is 0 Å². The van der Waals surface area contributed by atoms with Crippen LogP contribution in [0.1, 0.15) is 57.4 Å². The van der Waals surface area contributed by atoms with E-state index in [1.165, 1.54) is 64.5 Å². The molecule has 0 radical (unpaired) electrons. The van der Waals surface area contributed by atoms with Gasteiger partial charge in [-0.25, -0.2) is 4.98 Å². The summed E-state index contributed by atoms with van der Waals surface area (Å²) in [5.74, 6) is 0. The minimum Gasteiger partial charge on any atom is -0.330 e. The minimum atomic E-state index is 0.483. The lowest BCUT2D eigenvalue weighted by Gasteiger charge is -2.38. The number of aromatic nitrogens is 4. The molecule has 5 rings (SSSR count). The third kappa shape index (κ3) is 3.98. The Labute approximate surface area is 178 Å². The van der Waals surface area contributed by atoms with Gasteiger partial charge >= 0.3 is 0 Å². The highest BCUT2D eigenvalue weighted by Crippen LogP contribution is 2.47. The Kier molecular flexibility index (Phi) is 5.52. The van der Waals surface area contributed by atoms with E-state index in [0.29, 0.717) is 11.6 Å². The Bertz CT molecular complexity index is 984. The highest BCUT2D eigenvalue weighted by Gasteiger charge is 2.47. The van der Waals surface area contributed by atoms with Crippen molar-refractivity contribution in [3.05, 3.63) is 42.9 Å². The zero-order valence-corrected chi connectivity index (χ0v) is 17.7. The van der Waals surface area contributed by atoms with Gasteiger partial charge in [-0.2, -0.15) is 5.10 Å².